The molecule has 5 heteroatoms. The molecule has 1 unspecified atom stereocenters. The fourth-order valence-corrected chi connectivity index (χ4v) is 3.57. The number of hydrogen-bond donors (Lipinski definition) is 0. The van der Waals surface area contributed by atoms with Gasteiger partial charge < -0.3 is 9.47 Å². The summed E-state index contributed by atoms with van der Waals surface area (Å²) in [6.07, 6.45) is 3.73. The van der Waals surface area contributed by atoms with Gasteiger partial charge in [0.05, 0.1) is 20.3 Å². The molecule has 0 radical (unpaired) electrons. The first-order chi connectivity index (χ1) is 11.6. The second kappa shape index (κ2) is 7.45. The predicted molar refractivity (Wildman–Crippen MR) is 91.3 cm³/mol. The smallest absolute Gasteiger partial charge is 0.325 e. The van der Waals surface area contributed by atoms with Crippen LogP contribution >= 0.6 is 0 Å². The van der Waals surface area contributed by atoms with E-state index in [4.69, 9.17) is 9.47 Å². The van der Waals surface area contributed by atoms with Crippen LogP contribution < -0.4 is 0 Å². The summed E-state index contributed by atoms with van der Waals surface area (Å²) in [6, 6.07) is 7.16. The lowest BCUT2D eigenvalue weighted by atomic mass is 9.79. The van der Waals surface area contributed by atoms with E-state index in [2.05, 4.69) is 13.2 Å². The number of nitrogens with zero attached hydrogens (tertiary/aromatic N) is 1. The van der Waals surface area contributed by atoms with Crippen LogP contribution in [0.2, 0.25) is 0 Å². The number of methoxy groups -OCH3 is 2. The van der Waals surface area contributed by atoms with Gasteiger partial charge in [0, 0.05) is 19.5 Å². The van der Waals surface area contributed by atoms with Crippen molar-refractivity contribution in [1.29, 1.82) is 0 Å². The first-order valence-corrected chi connectivity index (χ1v) is 7.77. The van der Waals surface area contributed by atoms with Gasteiger partial charge in [-0.3, -0.25) is 14.5 Å². The van der Waals surface area contributed by atoms with Gasteiger partial charge in [0.2, 0.25) is 0 Å². The molecule has 0 aromatic heterocycles. The van der Waals surface area contributed by atoms with Crippen molar-refractivity contribution in [2.45, 2.75) is 12.5 Å². The molecule has 0 N–H and O–H groups in total. The molecule has 1 aliphatic rings. The topological polar surface area (TPSA) is 55.8 Å². The summed E-state index contributed by atoms with van der Waals surface area (Å²) in [5.74, 6) is -1.18. The van der Waals surface area contributed by atoms with Crippen molar-refractivity contribution in [3.63, 3.8) is 0 Å². The minimum absolute atomic E-state index is 0.248. The van der Waals surface area contributed by atoms with Gasteiger partial charge in [0.15, 0.2) is 5.41 Å². The van der Waals surface area contributed by atoms with Crippen LogP contribution in [0, 0.1) is 5.41 Å². The molecule has 0 heterocycles. The Labute approximate surface area is 142 Å². The van der Waals surface area contributed by atoms with Crippen molar-refractivity contribution in [2.24, 2.45) is 5.41 Å². The fourth-order valence-electron chi connectivity index (χ4n) is 3.57. The van der Waals surface area contributed by atoms with Crippen LogP contribution in [0.5, 0.6) is 0 Å². The van der Waals surface area contributed by atoms with E-state index in [-0.39, 0.29) is 6.42 Å². The molecule has 5 nitrogen and oxygen atoms in total. The first-order valence-electron chi connectivity index (χ1n) is 7.77. The number of rotatable bonds is 7. The fraction of sp³-hybridized carbons (Fsp3) is 0.368. The molecule has 2 rings (SSSR count). The molecule has 0 saturated carbocycles. The van der Waals surface area contributed by atoms with Crippen LogP contribution in [-0.2, 0) is 25.5 Å². The molecule has 0 amide bonds. The van der Waals surface area contributed by atoms with E-state index in [1.165, 1.54) is 14.2 Å². The third-order valence-corrected chi connectivity index (χ3v) is 4.48. The van der Waals surface area contributed by atoms with Crippen LogP contribution in [0.3, 0.4) is 0 Å². The maximum absolute atomic E-state index is 12.7. The van der Waals surface area contributed by atoms with Gasteiger partial charge in [-0.2, -0.15) is 0 Å². The van der Waals surface area contributed by atoms with Crippen molar-refractivity contribution in [1.82, 2.24) is 4.90 Å². The number of esters is 2. The summed E-state index contributed by atoms with van der Waals surface area (Å²) in [5.41, 5.74) is 0.438. The third kappa shape index (κ3) is 2.76. The Balaban J connectivity index is 2.67. The molecule has 0 saturated heterocycles. The molecule has 24 heavy (non-hydrogen) atoms. The first kappa shape index (κ1) is 17.9. The van der Waals surface area contributed by atoms with Gasteiger partial charge in [-0.25, -0.2) is 0 Å². The summed E-state index contributed by atoms with van der Waals surface area (Å²) in [7, 11) is 2.58. The van der Waals surface area contributed by atoms with Gasteiger partial charge in [-0.1, -0.05) is 36.4 Å². The van der Waals surface area contributed by atoms with Gasteiger partial charge in [-0.15, -0.1) is 13.2 Å². The maximum Gasteiger partial charge on any atom is 0.325 e. The van der Waals surface area contributed by atoms with Crippen molar-refractivity contribution in [2.75, 3.05) is 27.3 Å². The van der Waals surface area contributed by atoms with E-state index in [0.717, 1.165) is 11.1 Å². The average molecular weight is 329 g/mol. The second-order valence-electron chi connectivity index (χ2n) is 5.76. The van der Waals surface area contributed by atoms with Crippen LogP contribution in [0.4, 0.5) is 0 Å². The lowest BCUT2D eigenvalue weighted by Crippen LogP contribution is -2.50. The van der Waals surface area contributed by atoms with E-state index in [0.29, 0.717) is 13.1 Å². The van der Waals surface area contributed by atoms with Gasteiger partial charge in [-0.05, 0) is 11.1 Å². The van der Waals surface area contributed by atoms with Crippen LogP contribution in [0.15, 0.2) is 49.6 Å². The number of hydrogen-bond acceptors (Lipinski definition) is 5. The van der Waals surface area contributed by atoms with Gasteiger partial charge in [0.25, 0.3) is 0 Å². The maximum atomic E-state index is 12.7. The van der Waals surface area contributed by atoms with Gasteiger partial charge in [0.1, 0.15) is 0 Å². The lowest BCUT2D eigenvalue weighted by Gasteiger charge is -2.37. The monoisotopic (exact) mass is 329 g/mol. The molecule has 128 valence electrons. The summed E-state index contributed by atoms with van der Waals surface area (Å²) in [4.78, 5) is 27.4. The molecular weight excluding hydrogens is 306 g/mol. The van der Waals surface area contributed by atoms with Crippen molar-refractivity contribution >= 4 is 11.9 Å². The highest BCUT2D eigenvalue weighted by molar-refractivity contribution is 6.02. The molecule has 0 aliphatic heterocycles. The van der Waals surface area contributed by atoms with Crippen LogP contribution in [0.1, 0.15) is 17.2 Å². The molecule has 0 spiro atoms. The van der Waals surface area contributed by atoms with Crippen LogP contribution in [0.25, 0.3) is 0 Å². The van der Waals surface area contributed by atoms with Crippen LogP contribution in [-0.4, -0.2) is 44.1 Å². The molecule has 1 atom stereocenters. The standard InChI is InChI=1S/C19H23NO4/c1-5-11-20(12-6-2)16-15-10-8-7-9-14(15)13-19(16,17(21)23-3)18(22)24-4/h5-10,16H,1-2,11-13H2,3-4H3. The quantitative estimate of drug-likeness (QED) is 0.436. The molecule has 1 aromatic carbocycles. The minimum atomic E-state index is -1.43. The Kier molecular flexibility index (Phi) is 5.57. The summed E-state index contributed by atoms with van der Waals surface area (Å²) < 4.78 is 10.0. The molecule has 1 aliphatic carbocycles. The average Bonchev–Trinajstić information content (AvgIpc) is 2.96. The Bertz CT molecular complexity index is 627. The number of benzene rings is 1. The lowest BCUT2D eigenvalue weighted by molar-refractivity contribution is -0.174. The Morgan fingerprint density at radius 1 is 1.17 bits per heavy atom. The number of carbonyl (C=O) groups is 2. The third-order valence-electron chi connectivity index (χ3n) is 4.48. The molecule has 1 aromatic rings. The molecular formula is C19H23NO4. The highest BCUT2D eigenvalue weighted by Gasteiger charge is 2.60. The summed E-state index contributed by atoms with van der Waals surface area (Å²) in [6.45, 7) is 8.56. The summed E-state index contributed by atoms with van der Waals surface area (Å²) >= 11 is 0. The van der Waals surface area contributed by atoms with Crippen molar-refractivity contribution in [3.8, 4) is 0 Å². The van der Waals surface area contributed by atoms with E-state index < -0.39 is 23.4 Å². The number of carbonyl (C=O) groups excluding carboxylic acids is 2. The Morgan fingerprint density at radius 2 is 1.71 bits per heavy atom. The van der Waals surface area contributed by atoms with Crippen molar-refractivity contribution < 1.29 is 19.1 Å². The highest BCUT2D eigenvalue weighted by Crippen LogP contribution is 2.50. The zero-order chi connectivity index (χ0) is 17.7. The molecule has 0 bridgehead atoms. The van der Waals surface area contributed by atoms with Crippen molar-refractivity contribution in [3.05, 3.63) is 60.7 Å². The number of fused-ring (bicyclic) bond motifs is 1. The summed E-state index contributed by atoms with van der Waals surface area (Å²) in [5, 5.41) is 0. The Morgan fingerprint density at radius 3 is 2.21 bits per heavy atom. The second-order valence-corrected chi connectivity index (χ2v) is 5.76. The zero-order valence-electron chi connectivity index (χ0n) is 14.2. The van der Waals surface area contributed by atoms with E-state index >= 15 is 0 Å². The minimum Gasteiger partial charge on any atom is -0.468 e. The van der Waals surface area contributed by atoms with Gasteiger partial charge >= 0.3 is 11.9 Å². The van der Waals surface area contributed by atoms with E-state index in [1.807, 2.05) is 29.2 Å². The van der Waals surface area contributed by atoms with E-state index in [9.17, 15) is 9.59 Å². The molecule has 0 fully saturated rings. The normalized spacial score (nSPS) is 17.9. The predicted octanol–water partition coefficient (Wildman–Crippen LogP) is 2.29. The largest absolute Gasteiger partial charge is 0.468 e. The highest BCUT2D eigenvalue weighted by atomic mass is 16.5. The Hall–Kier alpha value is -2.40. The zero-order valence-corrected chi connectivity index (χ0v) is 14.2. The van der Waals surface area contributed by atoms with E-state index in [1.54, 1.807) is 12.2 Å². The SMILES string of the molecule is C=CCN(CC=C)C1c2ccccc2CC1(C(=O)OC)C(=O)OC. The number of ether oxygens (including phenoxy) is 2.